The standard InChI is InChI=1S/C20H21N5O3S/c1-2-3-12-21-16-11-7-10-15(18(16)23-14-8-5-4-6-9-14)19(26)24-20-22-13-17(29-20)25(27)28/h4-11,13,21,23H,2-3,12H2,1H3,(H,22,24,26). The number of nitro groups is 1. The van der Waals surface area contributed by atoms with Crippen molar-refractivity contribution in [3.05, 3.63) is 70.4 Å². The van der Waals surface area contributed by atoms with E-state index in [1.54, 1.807) is 12.1 Å². The van der Waals surface area contributed by atoms with Crippen LogP contribution in [0.5, 0.6) is 0 Å². The number of rotatable bonds is 9. The summed E-state index contributed by atoms with van der Waals surface area (Å²) < 4.78 is 0. The Morgan fingerprint density at radius 3 is 2.66 bits per heavy atom. The fourth-order valence-corrected chi connectivity index (χ4v) is 3.29. The number of unbranched alkanes of at least 4 members (excludes halogenated alkanes) is 1. The van der Waals surface area contributed by atoms with E-state index in [9.17, 15) is 14.9 Å². The van der Waals surface area contributed by atoms with E-state index < -0.39 is 10.8 Å². The number of thiazole rings is 1. The highest BCUT2D eigenvalue weighted by molar-refractivity contribution is 7.18. The number of nitrogens with zero attached hydrogens (tertiary/aromatic N) is 2. The lowest BCUT2D eigenvalue weighted by atomic mass is 10.1. The molecule has 9 heteroatoms. The molecule has 1 aromatic heterocycles. The summed E-state index contributed by atoms with van der Waals surface area (Å²) >= 11 is 0.817. The number of hydrogen-bond acceptors (Lipinski definition) is 7. The van der Waals surface area contributed by atoms with Gasteiger partial charge in [0.15, 0.2) is 5.13 Å². The summed E-state index contributed by atoms with van der Waals surface area (Å²) in [6, 6.07) is 15.0. The minimum absolute atomic E-state index is 0.127. The number of benzene rings is 2. The highest BCUT2D eigenvalue weighted by Gasteiger charge is 2.18. The molecule has 29 heavy (non-hydrogen) atoms. The number of anilines is 4. The fourth-order valence-electron chi connectivity index (χ4n) is 2.66. The van der Waals surface area contributed by atoms with Gasteiger partial charge in [0.1, 0.15) is 6.20 Å². The molecule has 8 nitrogen and oxygen atoms in total. The molecule has 1 amide bonds. The summed E-state index contributed by atoms with van der Waals surface area (Å²) in [7, 11) is 0. The van der Waals surface area contributed by atoms with Gasteiger partial charge in [0.25, 0.3) is 5.91 Å². The average Bonchev–Trinajstić information content (AvgIpc) is 3.19. The van der Waals surface area contributed by atoms with E-state index in [0.29, 0.717) is 11.3 Å². The van der Waals surface area contributed by atoms with Gasteiger partial charge in [-0.05, 0) is 42.0 Å². The van der Waals surface area contributed by atoms with Crippen LogP contribution in [0.15, 0.2) is 54.7 Å². The van der Waals surface area contributed by atoms with Crippen molar-refractivity contribution in [3.63, 3.8) is 0 Å². The van der Waals surface area contributed by atoms with Gasteiger partial charge in [-0.3, -0.25) is 20.2 Å². The van der Waals surface area contributed by atoms with Crippen LogP contribution in [-0.4, -0.2) is 22.4 Å². The topological polar surface area (TPSA) is 109 Å². The van der Waals surface area contributed by atoms with Gasteiger partial charge in [0, 0.05) is 12.2 Å². The van der Waals surface area contributed by atoms with E-state index in [1.165, 1.54) is 0 Å². The molecule has 0 aliphatic carbocycles. The van der Waals surface area contributed by atoms with Crippen LogP contribution < -0.4 is 16.0 Å². The van der Waals surface area contributed by atoms with Gasteiger partial charge in [0.2, 0.25) is 0 Å². The minimum Gasteiger partial charge on any atom is -0.383 e. The Hall–Kier alpha value is -3.46. The molecule has 0 aliphatic heterocycles. The first-order valence-electron chi connectivity index (χ1n) is 9.19. The number of aromatic nitrogens is 1. The van der Waals surface area contributed by atoms with Crippen molar-refractivity contribution >= 4 is 44.4 Å². The van der Waals surface area contributed by atoms with E-state index >= 15 is 0 Å². The Kier molecular flexibility index (Phi) is 6.75. The quantitative estimate of drug-likeness (QED) is 0.252. The molecule has 3 N–H and O–H groups in total. The van der Waals surface area contributed by atoms with Gasteiger partial charge in [0.05, 0.1) is 21.9 Å². The third-order valence-electron chi connectivity index (χ3n) is 4.09. The molecule has 0 unspecified atom stereocenters. The summed E-state index contributed by atoms with van der Waals surface area (Å²) in [5, 5.41) is 20.2. The molecule has 0 spiro atoms. The molecule has 0 radical (unpaired) electrons. The maximum atomic E-state index is 12.9. The van der Waals surface area contributed by atoms with E-state index in [1.807, 2.05) is 36.4 Å². The molecule has 0 saturated heterocycles. The van der Waals surface area contributed by atoms with Crippen LogP contribution in [0.3, 0.4) is 0 Å². The summed E-state index contributed by atoms with van der Waals surface area (Å²) in [4.78, 5) is 27.1. The van der Waals surface area contributed by atoms with Crippen LogP contribution in [0.25, 0.3) is 0 Å². The number of nitrogens with one attached hydrogen (secondary N) is 3. The first kappa shape index (κ1) is 20.3. The zero-order valence-corrected chi connectivity index (χ0v) is 16.7. The van der Waals surface area contributed by atoms with Crippen molar-refractivity contribution in [2.24, 2.45) is 0 Å². The van der Waals surface area contributed by atoms with Crippen molar-refractivity contribution in [2.45, 2.75) is 19.8 Å². The number of hydrogen-bond donors (Lipinski definition) is 3. The second-order valence-electron chi connectivity index (χ2n) is 6.21. The van der Waals surface area contributed by atoms with E-state index in [0.717, 1.165) is 48.3 Å². The van der Waals surface area contributed by atoms with Crippen molar-refractivity contribution in [3.8, 4) is 0 Å². The minimum atomic E-state index is -0.534. The third kappa shape index (κ3) is 5.29. The van der Waals surface area contributed by atoms with Gasteiger partial charge >= 0.3 is 5.00 Å². The predicted octanol–water partition coefficient (Wildman–Crippen LogP) is 5.26. The zero-order chi connectivity index (χ0) is 20.6. The van der Waals surface area contributed by atoms with E-state index in [2.05, 4.69) is 27.9 Å². The summed E-state index contributed by atoms with van der Waals surface area (Å²) in [5.41, 5.74) is 2.70. The Bertz CT molecular complexity index is 991. The van der Waals surface area contributed by atoms with Gasteiger partial charge in [-0.15, -0.1) is 0 Å². The Morgan fingerprint density at radius 2 is 1.97 bits per heavy atom. The lowest BCUT2D eigenvalue weighted by molar-refractivity contribution is -0.380. The fraction of sp³-hybridized carbons (Fsp3) is 0.200. The van der Waals surface area contributed by atoms with Crippen LogP contribution >= 0.6 is 11.3 Å². The molecule has 3 aromatic rings. The monoisotopic (exact) mass is 411 g/mol. The van der Waals surface area contributed by atoms with E-state index in [4.69, 9.17) is 0 Å². The largest absolute Gasteiger partial charge is 0.383 e. The Morgan fingerprint density at radius 1 is 1.17 bits per heavy atom. The molecule has 0 aliphatic rings. The molecule has 2 aromatic carbocycles. The molecule has 1 heterocycles. The highest BCUT2D eigenvalue weighted by Crippen LogP contribution is 2.31. The van der Waals surface area contributed by atoms with Crippen molar-refractivity contribution in [1.82, 2.24) is 4.98 Å². The van der Waals surface area contributed by atoms with Crippen molar-refractivity contribution in [1.29, 1.82) is 0 Å². The summed E-state index contributed by atoms with van der Waals surface area (Å²) in [5.74, 6) is -0.396. The molecule has 0 atom stereocenters. The van der Waals surface area contributed by atoms with Crippen LogP contribution in [0, 0.1) is 10.1 Å². The molecule has 3 rings (SSSR count). The van der Waals surface area contributed by atoms with Crippen LogP contribution in [0.4, 0.5) is 27.2 Å². The maximum Gasteiger partial charge on any atom is 0.345 e. The lowest BCUT2D eigenvalue weighted by Crippen LogP contribution is -2.15. The number of carbonyl (C=O) groups excluding carboxylic acids is 1. The van der Waals surface area contributed by atoms with Crippen LogP contribution in [0.2, 0.25) is 0 Å². The smallest absolute Gasteiger partial charge is 0.345 e. The molecule has 0 saturated carbocycles. The average molecular weight is 411 g/mol. The number of carbonyl (C=O) groups is 1. The zero-order valence-electron chi connectivity index (χ0n) is 15.8. The van der Waals surface area contributed by atoms with Crippen LogP contribution in [0.1, 0.15) is 30.1 Å². The second-order valence-corrected chi connectivity index (χ2v) is 7.22. The predicted molar refractivity (Wildman–Crippen MR) is 116 cm³/mol. The van der Waals surface area contributed by atoms with Gasteiger partial charge in [-0.2, -0.15) is 0 Å². The highest BCUT2D eigenvalue weighted by atomic mass is 32.1. The first-order chi connectivity index (χ1) is 14.1. The Labute approximate surface area is 172 Å². The summed E-state index contributed by atoms with van der Waals surface area (Å²) in [6.45, 7) is 2.89. The van der Waals surface area contributed by atoms with Gasteiger partial charge in [-0.1, -0.05) is 37.6 Å². The molecule has 0 fully saturated rings. The SMILES string of the molecule is CCCCNc1cccc(C(=O)Nc2ncc([N+](=O)[O-])s2)c1Nc1ccccc1. The normalized spacial score (nSPS) is 10.4. The molecule has 150 valence electrons. The molecular formula is C20H21N5O3S. The molecule has 0 bridgehead atoms. The van der Waals surface area contributed by atoms with Crippen LogP contribution in [-0.2, 0) is 0 Å². The lowest BCUT2D eigenvalue weighted by Gasteiger charge is -2.17. The third-order valence-corrected chi connectivity index (χ3v) is 4.96. The van der Waals surface area contributed by atoms with Gasteiger partial charge in [-0.25, -0.2) is 4.98 Å². The second kappa shape index (κ2) is 9.65. The number of amides is 1. The van der Waals surface area contributed by atoms with E-state index in [-0.39, 0.29) is 10.1 Å². The number of para-hydroxylation sites is 2. The van der Waals surface area contributed by atoms with Crippen molar-refractivity contribution < 1.29 is 9.72 Å². The molecular weight excluding hydrogens is 390 g/mol. The maximum absolute atomic E-state index is 12.9. The van der Waals surface area contributed by atoms with Crippen molar-refractivity contribution in [2.75, 3.05) is 22.5 Å². The Balaban J connectivity index is 1.89. The first-order valence-corrected chi connectivity index (χ1v) is 10.0. The van der Waals surface area contributed by atoms with Gasteiger partial charge < -0.3 is 10.6 Å². The summed E-state index contributed by atoms with van der Waals surface area (Å²) in [6.07, 6.45) is 3.19.